The Bertz CT molecular complexity index is 551. The molecule has 2 heterocycles. The monoisotopic (exact) mass is 309 g/mol. The summed E-state index contributed by atoms with van der Waals surface area (Å²) >= 11 is 4.62. The molecule has 0 aromatic carbocycles. The Morgan fingerprint density at radius 3 is 2.65 bits per heavy atom. The minimum Gasteiger partial charge on any atom is -0.294 e. The number of aromatic nitrogens is 1. The quantitative estimate of drug-likeness (QED) is 0.642. The van der Waals surface area contributed by atoms with Gasteiger partial charge in [0.2, 0.25) is 0 Å². The molecule has 86 valence electrons. The van der Waals surface area contributed by atoms with Gasteiger partial charge in [0.1, 0.15) is 0 Å². The van der Waals surface area contributed by atoms with E-state index >= 15 is 0 Å². The minimum atomic E-state index is -0.201. The second-order valence-electron chi connectivity index (χ2n) is 3.37. The van der Waals surface area contributed by atoms with Crippen LogP contribution >= 0.6 is 27.3 Å². The second kappa shape index (κ2) is 5.33. The summed E-state index contributed by atoms with van der Waals surface area (Å²) in [5, 5.41) is 0. The molecule has 0 unspecified atom stereocenters. The van der Waals surface area contributed by atoms with Crippen molar-refractivity contribution in [2.24, 2.45) is 0 Å². The zero-order valence-electron chi connectivity index (χ0n) is 8.72. The van der Waals surface area contributed by atoms with Crippen LogP contribution in [0.4, 0.5) is 0 Å². The lowest BCUT2D eigenvalue weighted by Gasteiger charge is -1.98. The van der Waals surface area contributed by atoms with Crippen molar-refractivity contribution in [1.82, 2.24) is 4.98 Å². The number of carbonyl (C=O) groups is 2. The van der Waals surface area contributed by atoms with Crippen LogP contribution in [0.15, 0.2) is 40.4 Å². The van der Waals surface area contributed by atoms with Gasteiger partial charge in [-0.3, -0.25) is 14.6 Å². The van der Waals surface area contributed by atoms with Crippen LogP contribution in [0.5, 0.6) is 0 Å². The number of thiophene rings is 1. The zero-order valence-corrected chi connectivity index (χ0v) is 11.1. The Kier molecular flexibility index (Phi) is 3.81. The van der Waals surface area contributed by atoms with Gasteiger partial charge in [-0.1, -0.05) is 0 Å². The number of halogens is 1. The Balaban J connectivity index is 2.07. The predicted octanol–water partition coefficient (Wildman–Crippen LogP) is 3.36. The van der Waals surface area contributed by atoms with Crippen LogP contribution in [0.2, 0.25) is 0 Å². The summed E-state index contributed by atoms with van der Waals surface area (Å²) in [6.07, 6.45) is 2.95. The lowest BCUT2D eigenvalue weighted by Crippen LogP contribution is -2.07. The lowest BCUT2D eigenvalue weighted by molar-refractivity contribution is 0.0896. The van der Waals surface area contributed by atoms with Gasteiger partial charge in [0, 0.05) is 18.0 Å². The predicted molar refractivity (Wildman–Crippen MR) is 69.5 cm³/mol. The van der Waals surface area contributed by atoms with Gasteiger partial charge >= 0.3 is 0 Å². The molecule has 0 saturated heterocycles. The first kappa shape index (κ1) is 12.1. The molecule has 0 fully saturated rings. The van der Waals surface area contributed by atoms with E-state index in [1.807, 2.05) is 0 Å². The molecule has 0 saturated carbocycles. The number of ketones is 2. The van der Waals surface area contributed by atoms with Crippen LogP contribution < -0.4 is 0 Å². The summed E-state index contributed by atoms with van der Waals surface area (Å²) in [5.74, 6) is -0.359. The van der Waals surface area contributed by atoms with Gasteiger partial charge in [-0.25, -0.2) is 0 Å². The third-order valence-electron chi connectivity index (χ3n) is 2.15. The molecule has 17 heavy (non-hydrogen) atoms. The Morgan fingerprint density at radius 2 is 2.06 bits per heavy atom. The third-order valence-corrected chi connectivity index (χ3v) is 3.82. The number of Topliss-reactive ketones (excluding diaryl/α,β-unsaturated/α-hetero) is 2. The second-order valence-corrected chi connectivity index (χ2v) is 5.83. The summed E-state index contributed by atoms with van der Waals surface area (Å²) in [5.41, 5.74) is 0.469. The maximum Gasteiger partial charge on any atom is 0.180 e. The molecule has 0 atom stereocenters. The van der Waals surface area contributed by atoms with Gasteiger partial charge in [0.15, 0.2) is 11.6 Å². The number of pyridine rings is 1. The first-order valence-electron chi connectivity index (χ1n) is 4.88. The standard InChI is InChI=1S/C12H8BrNO2S/c13-12-4-3-11(17-12)10(16)6-9(15)8-2-1-5-14-7-8/h1-5,7H,6H2. The number of rotatable bonds is 4. The molecule has 3 nitrogen and oxygen atoms in total. The molecule has 0 radical (unpaired) electrons. The van der Waals surface area contributed by atoms with Crippen LogP contribution in [0, 0.1) is 0 Å². The average Bonchev–Trinajstić information content (AvgIpc) is 2.77. The normalized spacial score (nSPS) is 10.2. The minimum absolute atomic E-state index is 0.112. The fourth-order valence-corrected chi connectivity index (χ4v) is 2.65. The van der Waals surface area contributed by atoms with Crippen LogP contribution in [0.3, 0.4) is 0 Å². The fourth-order valence-electron chi connectivity index (χ4n) is 1.33. The van der Waals surface area contributed by atoms with Crippen molar-refractivity contribution in [3.05, 3.63) is 50.9 Å². The van der Waals surface area contributed by atoms with Crippen LogP contribution in [-0.2, 0) is 0 Å². The zero-order chi connectivity index (χ0) is 12.3. The van der Waals surface area contributed by atoms with Crippen molar-refractivity contribution in [3.63, 3.8) is 0 Å². The molecule has 2 rings (SSSR count). The van der Waals surface area contributed by atoms with Crippen molar-refractivity contribution < 1.29 is 9.59 Å². The fraction of sp³-hybridized carbons (Fsp3) is 0.0833. The highest BCUT2D eigenvalue weighted by Gasteiger charge is 2.15. The lowest BCUT2D eigenvalue weighted by atomic mass is 10.1. The van der Waals surface area contributed by atoms with E-state index in [0.717, 1.165) is 3.79 Å². The van der Waals surface area contributed by atoms with Crippen molar-refractivity contribution in [1.29, 1.82) is 0 Å². The first-order valence-corrected chi connectivity index (χ1v) is 6.49. The average molecular weight is 310 g/mol. The molecular weight excluding hydrogens is 302 g/mol. The van der Waals surface area contributed by atoms with E-state index in [1.165, 1.54) is 17.5 Å². The molecule has 0 bridgehead atoms. The van der Waals surface area contributed by atoms with E-state index in [9.17, 15) is 9.59 Å². The molecule has 0 N–H and O–H groups in total. The van der Waals surface area contributed by atoms with E-state index in [1.54, 1.807) is 30.5 Å². The molecule has 0 amide bonds. The highest BCUT2D eigenvalue weighted by Crippen LogP contribution is 2.23. The summed E-state index contributed by atoms with van der Waals surface area (Å²) in [7, 11) is 0. The highest BCUT2D eigenvalue weighted by atomic mass is 79.9. The van der Waals surface area contributed by atoms with Crippen LogP contribution in [0.1, 0.15) is 26.5 Å². The van der Waals surface area contributed by atoms with E-state index in [2.05, 4.69) is 20.9 Å². The van der Waals surface area contributed by atoms with Crippen molar-refractivity contribution in [2.45, 2.75) is 6.42 Å². The topological polar surface area (TPSA) is 47.0 Å². The number of carbonyl (C=O) groups excluding carboxylic acids is 2. The molecule has 0 aliphatic rings. The van der Waals surface area contributed by atoms with Gasteiger partial charge in [-0.05, 0) is 40.2 Å². The smallest absolute Gasteiger partial charge is 0.180 e. The first-order chi connectivity index (χ1) is 8.16. The molecule has 0 aliphatic carbocycles. The summed E-state index contributed by atoms with van der Waals surface area (Å²) in [6, 6.07) is 6.85. The number of nitrogens with zero attached hydrogens (tertiary/aromatic N) is 1. The largest absolute Gasteiger partial charge is 0.294 e. The SMILES string of the molecule is O=C(CC(=O)c1ccc(Br)s1)c1cccnc1. The number of hydrogen-bond donors (Lipinski definition) is 0. The Morgan fingerprint density at radius 1 is 1.24 bits per heavy atom. The third kappa shape index (κ3) is 3.08. The number of hydrogen-bond acceptors (Lipinski definition) is 4. The van der Waals surface area contributed by atoms with E-state index in [0.29, 0.717) is 10.4 Å². The van der Waals surface area contributed by atoms with E-state index in [4.69, 9.17) is 0 Å². The van der Waals surface area contributed by atoms with E-state index < -0.39 is 0 Å². The van der Waals surface area contributed by atoms with Gasteiger partial charge in [-0.15, -0.1) is 11.3 Å². The molecule has 5 heteroatoms. The Labute approximate surface area is 111 Å². The maximum atomic E-state index is 11.8. The molecule has 0 aliphatic heterocycles. The summed E-state index contributed by atoms with van der Waals surface area (Å²) in [6.45, 7) is 0. The maximum absolute atomic E-state index is 11.8. The van der Waals surface area contributed by atoms with Crippen LogP contribution in [-0.4, -0.2) is 16.6 Å². The Hall–Kier alpha value is -1.33. The van der Waals surface area contributed by atoms with Gasteiger partial charge in [-0.2, -0.15) is 0 Å². The summed E-state index contributed by atoms with van der Waals surface area (Å²) < 4.78 is 0.884. The highest BCUT2D eigenvalue weighted by molar-refractivity contribution is 9.11. The molecule has 2 aromatic rings. The van der Waals surface area contributed by atoms with Crippen LogP contribution in [0.25, 0.3) is 0 Å². The van der Waals surface area contributed by atoms with Gasteiger partial charge in [0.25, 0.3) is 0 Å². The molecule has 0 spiro atoms. The molecular formula is C12H8BrNO2S. The van der Waals surface area contributed by atoms with Gasteiger partial charge < -0.3 is 0 Å². The van der Waals surface area contributed by atoms with Crippen molar-refractivity contribution in [2.75, 3.05) is 0 Å². The van der Waals surface area contributed by atoms with Crippen molar-refractivity contribution in [3.8, 4) is 0 Å². The summed E-state index contributed by atoms with van der Waals surface area (Å²) in [4.78, 5) is 28.0. The van der Waals surface area contributed by atoms with Crippen molar-refractivity contribution >= 4 is 38.8 Å². The van der Waals surface area contributed by atoms with E-state index in [-0.39, 0.29) is 18.0 Å². The molecule has 2 aromatic heterocycles. The van der Waals surface area contributed by atoms with Gasteiger partial charge in [0.05, 0.1) is 15.1 Å².